The standard InChI is InChI=1S/C20H25N5O2/c1-27-18-7-10-22-20(23-18)24-12-8-14(9-13-24)19(26)25-11-3-4-15-16(21)5-2-6-17(15)25/h2,5-7,10,14H,3-4,8-9,11-13,21H2,1H3. The Morgan fingerprint density at radius 1 is 1.22 bits per heavy atom. The lowest BCUT2D eigenvalue weighted by Crippen LogP contribution is -2.44. The summed E-state index contributed by atoms with van der Waals surface area (Å²) in [7, 11) is 1.60. The lowest BCUT2D eigenvalue weighted by molar-refractivity contribution is -0.123. The van der Waals surface area contributed by atoms with Crippen molar-refractivity contribution < 1.29 is 9.53 Å². The molecule has 7 heteroatoms. The van der Waals surface area contributed by atoms with Crippen molar-refractivity contribution in [3.8, 4) is 5.88 Å². The van der Waals surface area contributed by atoms with Gasteiger partial charge in [-0.05, 0) is 43.4 Å². The Morgan fingerprint density at radius 2 is 2.04 bits per heavy atom. The van der Waals surface area contributed by atoms with E-state index in [-0.39, 0.29) is 11.8 Å². The highest BCUT2D eigenvalue weighted by atomic mass is 16.5. The number of hydrogen-bond acceptors (Lipinski definition) is 6. The van der Waals surface area contributed by atoms with E-state index in [1.54, 1.807) is 19.4 Å². The molecule has 0 radical (unpaired) electrons. The van der Waals surface area contributed by atoms with Gasteiger partial charge in [0.15, 0.2) is 0 Å². The number of nitrogens with zero attached hydrogens (tertiary/aromatic N) is 4. The second-order valence-electron chi connectivity index (χ2n) is 7.10. The Hall–Kier alpha value is -2.83. The van der Waals surface area contributed by atoms with Crippen molar-refractivity contribution in [2.75, 3.05) is 42.3 Å². The maximum absolute atomic E-state index is 13.2. The Morgan fingerprint density at radius 3 is 2.81 bits per heavy atom. The summed E-state index contributed by atoms with van der Waals surface area (Å²) >= 11 is 0. The number of carbonyl (C=O) groups excluding carboxylic acids is 1. The fourth-order valence-electron chi connectivity index (χ4n) is 4.03. The number of aromatic nitrogens is 2. The quantitative estimate of drug-likeness (QED) is 0.838. The number of methoxy groups -OCH3 is 1. The van der Waals surface area contributed by atoms with Crippen LogP contribution in [-0.4, -0.2) is 42.6 Å². The average molecular weight is 367 g/mol. The largest absolute Gasteiger partial charge is 0.481 e. The highest BCUT2D eigenvalue weighted by Gasteiger charge is 2.32. The summed E-state index contributed by atoms with van der Waals surface area (Å²) in [5, 5.41) is 0. The molecule has 0 aliphatic carbocycles. The van der Waals surface area contributed by atoms with E-state index in [1.165, 1.54) is 0 Å². The van der Waals surface area contributed by atoms with E-state index in [4.69, 9.17) is 10.5 Å². The van der Waals surface area contributed by atoms with Crippen molar-refractivity contribution in [2.24, 2.45) is 5.92 Å². The molecule has 142 valence electrons. The van der Waals surface area contributed by atoms with Crippen LogP contribution in [0.2, 0.25) is 0 Å². The molecular formula is C20H25N5O2. The normalized spacial score (nSPS) is 17.5. The number of ether oxygens (including phenoxy) is 1. The van der Waals surface area contributed by atoms with Crippen LogP contribution in [0.15, 0.2) is 30.5 Å². The van der Waals surface area contributed by atoms with Gasteiger partial charge in [-0.2, -0.15) is 4.98 Å². The number of nitrogen functional groups attached to an aromatic ring is 1. The first-order chi connectivity index (χ1) is 13.2. The summed E-state index contributed by atoms with van der Waals surface area (Å²) < 4.78 is 5.18. The fraction of sp³-hybridized carbons (Fsp3) is 0.450. The van der Waals surface area contributed by atoms with E-state index in [2.05, 4.69) is 14.9 Å². The number of fused-ring (bicyclic) bond motifs is 1. The monoisotopic (exact) mass is 367 g/mol. The number of carbonyl (C=O) groups is 1. The van der Waals surface area contributed by atoms with Crippen LogP contribution in [0.1, 0.15) is 24.8 Å². The van der Waals surface area contributed by atoms with Gasteiger partial charge in [-0.1, -0.05) is 6.07 Å². The predicted molar refractivity (Wildman–Crippen MR) is 105 cm³/mol. The van der Waals surface area contributed by atoms with Crippen LogP contribution in [0.4, 0.5) is 17.3 Å². The van der Waals surface area contributed by atoms with Crippen LogP contribution in [-0.2, 0) is 11.2 Å². The topological polar surface area (TPSA) is 84.6 Å². The molecule has 1 aromatic carbocycles. The molecule has 0 saturated carbocycles. The van der Waals surface area contributed by atoms with E-state index >= 15 is 0 Å². The molecule has 27 heavy (non-hydrogen) atoms. The van der Waals surface area contributed by atoms with Gasteiger partial charge in [0.2, 0.25) is 17.7 Å². The van der Waals surface area contributed by atoms with Crippen LogP contribution in [0.3, 0.4) is 0 Å². The van der Waals surface area contributed by atoms with Crippen LogP contribution < -0.4 is 20.3 Å². The van der Waals surface area contributed by atoms with Crippen molar-refractivity contribution in [3.63, 3.8) is 0 Å². The summed E-state index contributed by atoms with van der Waals surface area (Å²) in [5.74, 6) is 1.46. The average Bonchev–Trinajstić information content (AvgIpc) is 2.73. The van der Waals surface area contributed by atoms with Crippen molar-refractivity contribution in [1.82, 2.24) is 9.97 Å². The molecule has 7 nitrogen and oxygen atoms in total. The Bertz CT molecular complexity index is 833. The van der Waals surface area contributed by atoms with Gasteiger partial charge in [0, 0.05) is 49.2 Å². The minimum absolute atomic E-state index is 0.0271. The van der Waals surface area contributed by atoms with Gasteiger partial charge in [-0.15, -0.1) is 0 Å². The third-order valence-electron chi connectivity index (χ3n) is 5.51. The fourth-order valence-corrected chi connectivity index (χ4v) is 4.03. The number of piperidine rings is 1. The minimum Gasteiger partial charge on any atom is -0.481 e. The summed E-state index contributed by atoms with van der Waals surface area (Å²) in [6.07, 6.45) is 5.20. The number of anilines is 3. The SMILES string of the molecule is COc1ccnc(N2CCC(C(=O)N3CCCc4c(N)cccc43)CC2)n1. The molecule has 0 unspecified atom stereocenters. The third-order valence-corrected chi connectivity index (χ3v) is 5.51. The number of benzene rings is 1. The van der Waals surface area contributed by atoms with E-state index in [0.717, 1.165) is 62.3 Å². The summed E-state index contributed by atoms with van der Waals surface area (Å²) in [6, 6.07) is 7.60. The van der Waals surface area contributed by atoms with Gasteiger partial charge in [-0.25, -0.2) is 4.98 Å². The maximum Gasteiger partial charge on any atom is 0.230 e. The van der Waals surface area contributed by atoms with Crippen LogP contribution in [0, 0.1) is 5.92 Å². The van der Waals surface area contributed by atoms with E-state index < -0.39 is 0 Å². The molecule has 1 amide bonds. The Kier molecular flexibility index (Phi) is 4.83. The van der Waals surface area contributed by atoms with Gasteiger partial charge < -0.3 is 20.3 Å². The number of rotatable bonds is 3. The molecule has 0 bridgehead atoms. The van der Waals surface area contributed by atoms with E-state index in [9.17, 15) is 4.79 Å². The lowest BCUT2D eigenvalue weighted by Gasteiger charge is -2.36. The maximum atomic E-state index is 13.2. The molecule has 0 spiro atoms. The molecule has 0 atom stereocenters. The van der Waals surface area contributed by atoms with E-state index in [0.29, 0.717) is 11.8 Å². The molecule has 1 fully saturated rings. The molecule has 2 aliphatic heterocycles. The van der Waals surface area contributed by atoms with Crippen LogP contribution >= 0.6 is 0 Å². The highest BCUT2D eigenvalue weighted by molar-refractivity contribution is 5.97. The molecule has 1 aromatic heterocycles. The second kappa shape index (κ2) is 7.42. The number of nitrogens with two attached hydrogens (primary N) is 1. The first kappa shape index (κ1) is 17.6. The van der Waals surface area contributed by atoms with Crippen molar-refractivity contribution >= 4 is 23.2 Å². The first-order valence-corrected chi connectivity index (χ1v) is 9.48. The lowest BCUT2D eigenvalue weighted by atomic mass is 9.93. The Balaban J connectivity index is 1.44. The van der Waals surface area contributed by atoms with Crippen LogP contribution in [0.25, 0.3) is 0 Å². The zero-order valence-corrected chi connectivity index (χ0v) is 15.6. The van der Waals surface area contributed by atoms with Crippen molar-refractivity contribution in [2.45, 2.75) is 25.7 Å². The molecule has 3 heterocycles. The minimum atomic E-state index is 0.0271. The van der Waals surface area contributed by atoms with Crippen LogP contribution in [0.5, 0.6) is 5.88 Å². The third kappa shape index (κ3) is 3.41. The summed E-state index contributed by atoms with van der Waals surface area (Å²) in [5.41, 5.74) is 9.01. The zero-order chi connectivity index (χ0) is 18.8. The number of amides is 1. The van der Waals surface area contributed by atoms with E-state index in [1.807, 2.05) is 23.1 Å². The molecular weight excluding hydrogens is 342 g/mol. The predicted octanol–water partition coefficient (Wildman–Crippen LogP) is 2.26. The second-order valence-corrected chi connectivity index (χ2v) is 7.10. The van der Waals surface area contributed by atoms with Gasteiger partial charge in [0.05, 0.1) is 7.11 Å². The van der Waals surface area contributed by atoms with Crippen molar-refractivity contribution in [1.29, 1.82) is 0 Å². The smallest absolute Gasteiger partial charge is 0.230 e. The molecule has 4 rings (SSSR count). The summed E-state index contributed by atoms with van der Waals surface area (Å²) in [4.78, 5) is 26.0. The van der Waals surface area contributed by atoms with Gasteiger partial charge in [0.25, 0.3) is 0 Å². The summed E-state index contributed by atoms with van der Waals surface area (Å²) in [6.45, 7) is 2.30. The first-order valence-electron chi connectivity index (χ1n) is 9.48. The van der Waals surface area contributed by atoms with Gasteiger partial charge >= 0.3 is 0 Å². The van der Waals surface area contributed by atoms with Gasteiger partial charge in [-0.3, -0.25) is 4.79 Å². The molecule has 1 saturated heterocycles. The Labute approximate surface area is 159 Å². The molecule has 2 N–H and O–H groups in total. The zero-order valence-electron chi connectivity index (χ0n) is 15.6. The van der Waals surface area contributed by atoms with Gasteiger partial charge in [0.1, 0.15) is 0 Å². The van der Waals surface area contributed by atoms with Crippen molar-refractivity contribution in [3.05, 3.63) is 36.0 Å². The highest BCUT2D eigenvalue weighted by Crippen LogP contribution is 2.33. The molecule has 2 aliphatic rings. The number of hydrogen-bond donors (Lipinski definition) is 1. The molecule has 2 aromatic rings.